The van der Waals surface area contributed by atoms with Gasteiger partial charge in [-0.1, -0.05) is 19.9 Å². The molecule has 1 aliphatic heterocycles. The van der Waals surface area contributed by atoms with Crippen molar-refractivity contribution in [1.82, 2.24) is 10.2 Å². The van der Waals surface area contributed by atoms with Crippen molar-refractivity contribution < 1.29 is 62.2 Å². The second-order valence-corrected chi connectivity index (χ2v) is 11.0. The van der Waals surface area contributed by atoms with Crippen LogP contribution in [0.15, 0.2) is 18.2 Å². The van der Waals surface area contributed by atoms with Crippen molar-refractivity contribution >= 4 is 29.8 Å². The average Bonchev–Trinajstić information content (AvgIpc) is 3.33. The van der Waals surface area contributed by atoms with Gasteiger partial charge in [-0.15, -0.1) is 5.10 Å². The lowest BCUT2D eigenvalue weighted by Gasteiger charge is -2.43. The van der Waals surface area contributed by atoms with Gasteiger partial charge in [0.25, 0.3) is 0 Å². The summed E-state index contributed by atoms with van der Waals surface area (Å²) >= 11 is 0. The fourth-order valence-electron chi connectivity index (χ4n) is 4.90. The molecule has 2 heterocycles. The minimum atomic E-state index is -1.45. The topological polar surface area (TPSA) is 199 Å². The zero-order chi connectivity index (χ0) is 34.1. The highest BCUT2D eigenvalue weighted by molar-refractivity contribution is 5.69. The highest BCUT2D eigenvalue weighted by Gasteiger charge is 2.53. The van der Waals surface area contributed by atoms with Gasteiger partial charge in [-0.05, 0) is 36.1 Å². The van der Waals surface area contributed by atoms with Gasteiger partial charge in [0.1, 0.15) is 18.5 Å². The molecule has 0 bridgehead atoms. The molecule has 0 saturated carbocycles. The molecule has 3 rings (SSSR count). The number of aliphatic carboxylic acids is 1. The average molecular weight is 649 g/mol. The number of hydrogen-bond donors (Lipinski definition) is 2. The van der Waals surface area contributed by atoms with Crippen LogP contribution in [0.1, 0.15) is 76.3 Å². The van der Waals surface area contributed by atoms with Gasteiger partial charge in [-0.2, -0.15) is 0 Å². The minimum absolute atomic E-state index is 0.0193. The SMILES string of the molecule is CC(=O)OC[C@H]1OC(Oc2n[nH]c(C(C)C)c2Cc2ccc(OCCC(=O)O)cc2C)[C@H](OC(C)=O)[C@@H](OC(C)=O)[C@@H]1OC(C)=O. The molecule has 2 N–H and O–H groups in total. The lowest BCUT2D eigenvalue weighted by atomic mass is 9.96. The number of aromatic amines is 1. The van der Waals surface area contributed by atoms with Gasteiger partial charge in [0.15, 0.2) is 12.2 Å². The summed E-state index contributed by atoms with van der Waals surface area (Å²) in [7, 11) is 0. The number of esters is 4. The van der Waals surface area contributed by atoms with E-state index in [0.717, 1.165) is 37.6 Å². The third kappa shape index (κ3) is 9.92. The van der Waals surface area contributed by atoms with Gasteiger partial charge in [-0.3, -0.25) is 29.1 Å². The molecule has 1 fully saturated rings. The van der Waals surface area contributed by atoms with Gasteiger partial charge in [0.05, 0.1) is 13.0 Å². The van der Waals surface area contributed by atoms with E-state index in [1.807, 2.05) is 26.8 Å². The number of rotatable bonds is 14. The fraction of sp³-hybridized carbons (Fsp3) is 0.548. The van der Waals surface area contributed by atoms with Crippen molar-refractivity contribution in [2.24, 2.45) is 0 Å². The zero-order valence-corrected chi connectivity index (χ0v) is 26.8. The zero-order valence-electron chi connectivity index (χ0n) is 26.8. The Labute approximate surface area is 265 Å². The number of benzene rings is 1. The third-order valence-electron chi connectivity index (χ3n) is 6.88. The Hall–Kier alpha value is -4.66. The Morgan fingerprint density at radius 2 is 1.57 bits per heavy atom. The standard InChI is InChI=1S/C31H40N2O13/c1-15(2)26-23(13-21-8-9-22(12-16(21)3)40-11-10-25(38)39)30(33-32-26)46-31-29(44-20(7)37)28(43-19(6)36)27(42-18(5)35)24(45-31)14-41-17(4)34/h8-9,12,15,24,27-29,31H,10-11,13-14H2,1-7H3,(H,32,33)(H,38,39)/t24-,27-,28+,29-,31?/m1/s1. The number of carbonyl (C=O) groups excluding carboxylic acids is 4. The van der Waals surface area contributed by atoms with Crippen molar-refractivity contribution in [3.63, 3.8) is 0 Å². The Morgan fingerprint density at radius 3 is 2.13 bits per heavy atom. The van der Waals surface area contributed by atoms with Crippen LogP contribution in [0.3, 0.4) is 0 Å². The molecule has 46 heavy (non-hydrogen) atoms. The second-order valence-electron chi connectivity index (χ2n) is 11.0. The minimum Gasteiger partial charge on any atom is -0.493 e. The Bertz CT molecular complexity index is 1420. The van der Waals surface area contributed by atoms with Crippen LogP contribution in [0.5, 0.6) is 11.6 Å². The largest absolute Gasteiger partial charge is 0.493 e. The Balaban J connectivity index is 2.00. The number of aromatic nitrogens is 2. The van der Waals surface area contributed by atoms with E-state index in [-0.39, 0.29) is 24.8 Å². The third-order valence-corrected chi connectivity index (χ3v) is 6.88. The van der Waals surface area contributed by atoms with E-state index in [0.29, 0.717) is 17.7 Å². The van der Waals surface area contributed by atoms with Crippen LogP contribution < -0.4 is 9.47 Å². The lowest BCUT2D eigenvalue weighted by molar-refractivity contribution is -0.289. The van der Waals surface area contributed by atoms with Gasteiger partial charge in [-0.25, -0.2) is 0 Å². The van der Waals surface area contributed by atoms with Gasteiger partial charge in [0, 0.05) is 45.4 Å². The Morgan fingerprint density at radius 1 is 0.935 bits per heavy atom. The van der Waals surface area contributed by atoms with E-state index in [9.17, 15) is 24.0 Å². The van der Waals surface area contributed by atoms with Crippen molar-refractivity contribution in [3.05, 3.63) is 40.6 Å². The first-order valence-electron chi connectivity index (χ1n) is 14.6. The van der Waals surface area contributed by atoms with Crippen LogP contribution in [0.25, 0.3) is 0 Å². The van der Waals surface area contributed by atoms with Crippen molar-refractivity contribution in [2.75, 3.05) is 13.2 Å². The summed E-state index contributed by atoms with van der Waals surface area (Å²) < 4.78 is 39.5. The molecule has 5 atom stereocenters. The van der Waals surface area contributed by atoms with Crippen molar-refractivity contribution in [1.29, 1.82) is 0 Å². The molecule has 15 heteroatoms. The summed E-state index contributed by atoms with van der Waals surface area (Å²) in [6, 6.07) is 5.38. The number of hydrogen-bond acceptors (Lipinski definition) is 13. The van der Waals surface area contributed by atoms with Crippen molar-refractivity contribution in [3.8, 4) is 11.6 Å². The van der Waals surface area contributed by atoms with Gasteiger partial charge >= 0.3 is 29.8 Å². The Kier molecular flexibility index (Phi) is 12.5. The predicted molar refractivity (Wildman–Crippen MR) is 157 cm³/mol. The second kappa shape index (κ2) is 16.1. The van der Waals surface area contributed by atoms with E-state index in [2.05, 4.69) is 10.2 Å². The maximum Gasteiger partial charge on any atom is 0.306 e. The number of nitrogens with zero attached hydrogens (tertiary/aromatic N) is 1. The predicted octanol–water partition coefficient (Wildman–Crippen LogP) is 2.75. The molecule has 1 aromatic heterocycles. The number of aryl methyl sites for hydroxylation is 1. The number of carboxylic acids is 1. The smallest absolute Gasteiger partial charge is 0.306 e. The molecule has 0 amide bonds. The molecule has 252 valence electrons. The van der Waals surface area contributed by atoms with E-state index < -0.39 is 67.2 Å². The maximum atomic E-state index is 12.2. The summed E-state index contributed by atoms with van der Waals surface area (Å²) in [5.41, 5.74) is 3.16. The molecule has 1 aliphatic rings. The quantitative estimate of drug-likeness (QED) is 0.224. The van der Waals surface area contributed by atoms with E-state index in [4.69, 9.17) is 38.3 Å². The summed E-state index contributed by atoms with van der Waals surface area (Å²) in [5, 5.41) is 16.2. The maximum absolute atomic E-state index is 12.2. The number of H-pyrrole nitrogens is 1. The van der Waals surface area contributed by atoms with E-state index in [1.54, 1.807) is 12.1 Å². The van der Waals surface area contributed by atoms with Crippen molar-refractivity contribution in [2.45, 2.75) is 97.9 Å². The molecule has 0 radical (unpaired) electrons. The van der Waals surface area contributed by atoms with Crippen LogP contribution in [-0.2, 0) is 54.1 Å². The number of nitrogens with one attached hydrogen (secondary N) is 1. The normalized spacial score (nSPS) is 20.8. The molecule has 1 aromatic carbocycles. The van der Waals surface area contributed by atoms with Crippen LogP contribution >= 0.6 is 0 Å². The molecular formula is C31H40N2O13. The summed E-state index contributed by atoms with van der Waals surface area (Å²) in [5.74, 6) is -3.26. The van der Waals surface area contributed by atoms with E-state index >= 15 is 0 Å². The van der Waals surface area contributed by atoms with Crippen LogP contribution in [-0.4, -0.2) is 89.1 Å². The molecule has 2 aromatic rings. The highest BCUT2D eigenvalue weighted by Crippen LogP contribution is 2.34. The lowest BCUT2D eigenvalue weighted by Crippen LogP contribution is -2.63. The summed E-state index contributed by atoms with van der Waals surface area (Å²) in [4.78, 5) is 58.9. The number of carbonyl (C=O) groups is 5. The highest BCUT2D eigenvalue weighted by atomic mass is 16.7. The van der Waals surface area contributed by atoms with E-state index in [1.165, 1.54) is 6.92 Å². The molecule has 1 saturated heterocycles. The summed E-state index contributed by atoms with van der Waals surface area (Å²) in [6.07, 6.45) is -6.57. The monoisotopic (exact) mass is 648 g/mol. The molecule has 1 unspecified atom stereocenters. The number of carboxylic acid groups (broad SMARTS) is 1. The first-order chi connectivity index (χ1) is 21.7. The first kappa shape index (κ1) is 35.8. The van der Waals surface area contributed by atoms with Crippen LogP contribution in [0, 0.1) is 6.92 Å². The number of ether oxygens (including phenoxy) is 7. The van der Waals surface area contributed by atoms with Gasteiger partial charge < -0.3 is 38.3 Å². The molecular weight excluding hydrogens is 608 g/mol. The molecule has 0 aliphatic carbocycles. The van der Waals surface area contributed by atoms with Crippen LogP contribution in [0.4, 0.5) is 0 Å². The molecule has 0 spiro atoms. The fourth-order valence-corrected chi connectivity index (χ4v) is 4.90. The van der Waals surface area contributed by atoms with Crippen LogP contribution in [0.2, 0.25) is 0 Å². The van der Waals surface area contributed by atoms with Gasteiger partial charge in [0.2, 0.25) is 18.3 Å². The molecule has 15 nitrogen and oxygen atoms in total. The summed E-state index contributed by atoms with van der Waals surface area (Å²) in [6.45, 7) is 10.0. The first-order valence-corrected chi connectivity index (χ1v) is 14.6.